The highest BCUT2D eigenvalue weighted by Gasteiger charge is 2.35. The molecule has 2 N–H and O–H groups in total. The van der Waals surface area contributed by atoms with E-state index in [4.69, 9.17) is 10.5 Å². The highest BCUT2D eigenvalue weighted by Crippen LogP contribution is 2.33. The maximum atomic E-state index is 12.0. The first-order valence-corrected chi connectivity index (χ1v) is 6.50. The summed E-state index contributed by atoms with van der Waals surface area (Å²) in [6, 6.07) is 7.71. The van der Waals surface area contributed by atoms with E-state index in [1.165, 1.54) is 0 Å². The van der Waals surface area contributed by atoms with Gasteiger partial charge in [0.15, 0.2) is 0 Å². The van der Waals surface area contributed by atoms with Crippen molar-refractivity contribution < 1.29 is 9.53 Å². The Labute approximate surface area is 107 Å². The van der Waals surface area contributed by atoms with Gasteiger partial charge in [-0.25, -0.2) is 0 Å². The van der Waals surface area contributed by atoms with Crippen LogP contribution in [0.3, 0.4) is 0 Å². The number of amides is 1. The van der Waals surface area contributed by atoms with Gasteiger partial charge in [-0.3, -0.25) is 4.79 Å². The maximum absolute atomic E-state index is 12.0. The van der Waals surface area contributed by atoms with Gasteiger partial charge < -0.3 is 15.4 Å². The molecular formula is C14H18N2O2. The number of nitrogens with zero attached hydrogens (tertiary/aromatic N) is 1. The van der Waals surface area contributed by atoms with E-state index in [0.29, 0.717) is 19.1 Å². The summed E-state index contributed by atoms with van der Waals surface area (Å²) in [6.45, 7) is 2.01. The molecule has 18 heavy (non-hydrogen) atoms. The number of morpholine rings is 1. The molecule has 1 heterocycles. The van der Waals surface area contributed by atoms with E-state index < -0.39 is 0 Å². The van der Waals surface area contributed by atoms with Crippen LogP contribution in [-0.2, 0) is 9.53 Å². The van der Waals surface area contributed by atoms with Gasteiger partial charge in [-0.15, -0.1) is 0 Å². The molecule has 1 aliphatic carbocycles. The Morgan fingerprint density at radius 3 is 2.67 bits per heavy atom. The quantitative estimate of drug-likeness (QED) is 0.806. The average molecular weight is 246 g/mol. The SMILES string of the molecule is Nc1ccc(C2CN(C(=O)C3CC3)CCO2)cc1. The first-order valence-electron chi connectivity index (χ1n) is 6.50. The molecule has 0 radical (unpaired) electrons. The predicted octanol–water partition coefficient (Wildman–Crippen LogP) is 1.58. The first-order chi connectivity index (χ1) is 8.74. The fourth-order valence-electron chi connectivity index (χ4n) is 2.35. The number of carbonyl (C=O) groups excluding carboxylic acids is 1. The van der Waals surface area contributed by atoms with Crippen LogP contribution >= 0.6 is 0 Å². The summed E-state index contributed by atoms with van der Waals surface area (Å²) in [5.74, 6) is 0.592. The van der Waals surface area contributed by atoms with Crippen molar-refractivity contribution in [2.75, 3.05) is 25.4 Å². The fourth-order valence-corrected chi connectivity index (χ4v) is 2.35. The predicted molar refractivity (Wildman–Crippen MR) is 68.9 cm³/mol. The van der Waals surface area contributed by atoms with Crippen LogP contribution in [0.25, 0.3) is 0 Å². The smallest absolute Gasteiger partial charge is 0.225 e. The van der Waals surface area contributed by atoms with Gasteiger partial charge in [-0.2, -0.15) is 0 Å². The molecule has 1 atom stereocenters. The van der Waals surface area contributed by atoms with Gasteiger partial charge in [0.2, 0.25) is 5.91 Å². The van der Waals surface area contributed by atoms with Gasteiger partial charge in [0.25, 0.3) is 0 Å². The summed E-state index contributed by atoms with van der Waals surface area (Å²) in [6.07, 6.45) is 2.10. The zero-order valence-electron chi connectivity index (χ0n) is 10.3. The maximum Gasteiger partial charge on any atom is 0.225 e. The van der Waals surface area contributed by atoms with Crippen molar-refractivity contribution in [3.05, 3.63) is 29.8 Å². The van der Waals surface area contributed by atoms with Crippen molar-refractivity contribution >= 4 is 11.6 Å². The second kappa shape index (κ2) is 4.61. The summed E-state index contributed by atoms with van der Waals surface area (Å²) in [5, 5.41) is 0. The lowest BCUT2D eigenvalue weighted by Gasteiger charge is -2.33. The molecule has 1 aromatic rings. The first kappa shape index (κ1) is 11.5. The number of benzene rings is 1. The van der Waals surface area contributed by atoms with Crippen molar-refractivity contribution in [1.29, 1.82) is 0 Å². The topological polar surface area (TPSA) is 55.6 Å². The van der Waals surface area contributed by atoms with Gasteiger partial charge >= 0.3 is 0 Å². The van der Waals surface area contributed by atoms with E-state index in [1.54, 1.807) is 0 Å². The van der Waals surface area contributed by atoms with Crippen molar-refractivity contribution in [3.8, 4) is 0 Å². The number of nitrogen functional groups attached to an aromatic ring is 1. The molecule has 0 aromatic heterocycles. The van der Waals surface area contributed by atoms with Crippen molar-refractivity contribution in [3.63, 3.8) is 0 Å². The summed E-state index contributed by atoms with van der Waals surface area (Å²) < 4.78 is 5.75. The Kier molecular flexibility index (Phi) is 2.96. The van der Waals surface area contributed by atoms with Crippen molar-refractivity contribution in [2.45, 2.75) is 18.9 Å². The molecule has 4 heteroatoms. The average Bonchev–Trinajstić information content (AvgIpc) is 3.23. The van der Waals surface area contributed by atoms with Crippen LogP contribution in [-0.4, -0.2) is 30.5 Å². The van der Waals surface area contributed by atoms with Gasteiger partial charge in [0.1, 0.15) is 6.10 Å². The second-order valence-electron chi connectivity index (χ2n) is 5.08. The minimum atomic E-state index is -0.0120. The molecule has 0 spiro atoms. The molecule has 1 unspecified atom stereocenters. The Balaban J connectivity index is 1.69. The number of nitrogens with two attached hydrogens (primary N) is 1. The number of hydrogen-bond acceptors (Lipinski definition) is 3. The molecule has 0 bridgehead atoms. The molecule has 2 fully saturated rings. The third-order valence-corrected chi connectivity index (χ3v) is 3.61. The molecule has 1 aliphatic heterocycles. The zero-order valence-corrected chi connectivity index (χ0v) is 10.3. The summed E-state index contributed by atoms with van der Waals surface area (Å²) in [5.41, 5.74) is 7.52. The zero-order chi connectivity index (χ0) is 12.5. The van der Waals surface area contributed by atoms with Crippen LogP contribution in [0, 0.1) is 5.92 Å². The third-order valence-electron chi connectivity index (χ3n) is 3.61. The molecule has 3 rings (SSSR count). The van der Waals surface area contributed by atoms with Gasteiger partial charge in [0.05, 0.1) is 13.2 Å². The van der Waals surface area contributed by atoms with Crippen LogP contribution in [0.5, 0.6) is 0 Å². The molecule has 96 valence electrons. The van der Waals surface area contributed by atoms with Gasteiger partial charge in [-0.05, 0) is 30.5 Å². The number of ether oxygens (including phenoxy) is 1. The van der Waals surface area contributed by atoms with Gasteiger partial charge in [-0.1, -0.05) is 12.1 Å². The Morgan fingerprint density at radius 1 is 1.28 bits per heavy atom. The minimum absolute atomic E-state index is 0.0120. The Bertz CT molecular complexity index is 440. The number of anilines is 1. The Morgan fingerprint density at radius 2 is 2.00 bits per heavy atom. The molecular weight excluding hydrogens is 228 g/mol. The largest absolute Gasteiger partial charge is 0.399 e. The number of carbonyl (C=O) groups is 1. The van der Waals surface area contributed by atoms with Crippen molar-refractivity contribution in [2.24, 2.45) is 5.92 Å². The van der Waals surface area contributed by atoms with E-state index in [9.17, 15) is 4.79 Å². The third kappa shape index (κ3) is 2.34. The van der Waals surface area contributed by atoms with E-state index in [-0.39, 0.29) is 12.0 Å². The fraction of sp³-hybridized carbons (Fsp3) is 0.500. The van der Waals surface area contributed by atoms with Crippen LogP contribution in [0.1, 0.15) is 24.5 Å². The van der Waals surface area contributed by atoms with Crippen LogP contribution in [0.2, 0.25) is 0 Å². The lowest BCUT2D eigenvalue weighted by atomic mass is 10.1. The normalized spacial score (nSPS) is 24.0. The lowest BCUT2D eigenvalue weighted by Crippen LogP contribution is -2.42. The molecule has 2 aliphatic rings. The van der Waals surface area contributed by atoms with E-state index in [2.05, 4.69) is 0 Å². The van der Waals surface area contributed by atoms with Crippen LogP contribution in [0.15, 0.2) is 24.3 Å². The molecule has 1 saturated heterocycles. The second-order valence-corrected chi connectivity index (χ2v) is 5.08. The van der Waals surface area contributed by atoms with Crippen molar-refractivity contribution in [1.82, 2.24) is 4.90 Å². The standard InChI is InChI=1S/C14H18N2O2/c15-12-5-3-10(4-6-12)13-9-16(7-8-18-13)14(17)11-1-2-11/h3-6,11,13H,1-2,7-9,15H2. The van der Waals surface area contributed by atoms with E-state index >= 15 is 0 Å². The number of hydrogen-bond donors (Lipinski definition) is 1. The minimum Gasteiger partial charge on any atom is -0.399 e. The summed E-state index contributed by atoms with van der Waals surface area (Å²) in [7, 11) is 0. The summed E-state index contributed by atoms with van der Waals surface area (Å²) in [4.78, 5) is 14.0. The Hall–Kier alpha value is -1.55. The lowest BCUT2D eigenvalue weighted by molar-refractivity contribution is -0.140. The van der Waals surface area contributed by atoms with Crippen LogP contribution < -0.4 is 5.73 Å². The van der Waals surface area contributed by atoms with E-state index in [0.717, 1.165) is 30.6 Å². The van der Waals surface area contributed by atoms with Gasteiger partial charge in [0, 0.05) is 18.2 Å². The molecule has 1 aromatic carbocycles. The number of rotatable bonds is 2. The van der Waals surface area contributed by atoms with Crippen LogP contribution in [0.4, 0.5) is 5.69 Å². The molecule has 1 amide bonds. The molecule has 4 nitrogen and oxygen atoms in total. The summed E-state index contributed by atoms with van der Waals surface area (Å²) >= 11 is 0. The highest BCUT2D eigenvalue weighted by atomic mass is 16.5. The highest BCUT2D eigenvalue weighted by molar-refractivity contribution is 5.81. The van der Waals surface area contributed by atoms with E-state index in [1.807, 2.05) is 29.2 Å². The molecule has 1 saturated carbocycles. The monoisotopic (exact) mass is 246 g/mol.